The summed E-state index contributed by atoms with van der Waals surface area (Å²) in [5, 5.41) is 3.65. The van der Waals surface area contributed by atoms with E-state index in [4.69, 9.17) is 4.52 Å². The third-order valence-corrected chi connectivity index (χ3v) is 7.69. The molecule has 0 bridgehead atoms. The molecule has 0 aliphatic rings. The molecule has 144 valence electrons. The number of aromatic nitrogens is 1. The molecule has 0 unspecified atom stereocenters. The number of nitrogens with zero attached hydrogens (tertiary/aromatic N) is 2. The Morgan fingerprint density at radius 2 is 1.69 bits per heavy atom. The summed E-state index contributed by atoms with van der Waals surface area (Å²) in [5.41, 5.74) is 1.02. The molecule has 0 amide bonds. The number of benzene rings is 1. The minimum atomic E-state index is -3.96. The lowest BCUT2D eigenvalue weighted by Crippen LogP contribution is -2.30. The molecule has 1 N–H and O–H groups in total. The fourth-order valence-corrected chi connectivity index (χ4v) is 5.58. The number of rotatable bonds is 7. The van der Waals surface area contributed by atoms with Gasteiger partial charge in [-0.25, -0.2) is 16.8 Å². The highest BCUT2D eigenvalue weighted by molar-refractivity contribution is 7.92. The molecule has 0 fully saturated rings. The number of hydrogen-bond donors (Lipinski definition) is 1. The molecular formula is C16H23N3O5S2. The lowest BCUT2D eigenvalue weighted by Gasteiger charge is -2.19. The van der Waals surface area contributed by atoms with Gasteiger partial charge in [-0.3, -0.25) is 4.72 Å². The smallest absolute Gasteiger partial charge is 0.267 e. The fourth-order valence-electron chi connectivity index (χ4n) is 2.64. The van der Waals surface area contributed by atoms with Crippen LogP contribution in [-0.4, -0.2) is 39.4 Å². The van der Waals surface area contributed by atoms with E-state index in [9.17, 15) is 16.8 Å². The maximum Gasteiger partial charge on any atom is 0.267 e. The zero-order chi connectivity index (χ0) is 19.7. The predicted molar refractivity (Wildman–Crippen MR) is 98.1 cm³/mol. The molecule has 1 aromatic carbocycles. The Balaban J connectivity index is 2.49. The van der Waals surface area contributed by atoms with Crippen LogP contribution in [0.15, 0.2) is 32.5 Å². The van der Waals surface area contributed by atoms with Gasteiger partial charge in [-0.05, 0) is 38.5 Å². The van der Waals surface area contributed by atoms with E-state index in [2.05, 4.69) is 9.88 Å². The molecule has 0 spiro atoms. The lowest BCUT2D eigenvalue weighted by molar-refractivity contribution is 0.390. The molecule has 2 rings (SSSR count). The molecule has 0 aliphatic carbocycles. The van der Waals surface area contributed by atoms with Gasteiger partial charge in [-0.2, -0.15) is 4.31 Å². The molecule has 1 heterocycles. The zero-order valence-electron chi connectivity index (χ0n) is 15.4. The van der Waals surface area contributed by atoms with Crippen LogP contribution in [0.4, 0.5) is 5.69 Å². The van der Waals surface area contributed by atoms with E-state index in [1.54, 1.807) is 26.8 Å². The number of anilines is 1. The Kier molecular flexibility index (Phi) is 5.79. The minimum Gasteiger partial charge on any atom is -0.360 e. The number of hydrogen-bond acceptors (Lipinski definition) is 6. The van der Waals surface area contributed by atoms with Gasteiger partial charge in [0.2, 0.25) is 10.0 Å². The Labute approximate surface area is 154 Å². The van der Waals surface area contributed by atoms with Crippen LogP contribution in [0.1, 0.15) is 30.9 Å². The van der Waals surface area contributed by atoms with Crippen molar-refractivity contribution in [2.45, 2.75) is 44.4 Å². The van der Waals surface area contributed by atoms with Gasteiger partial charge in [-0.1, -0.05) is 25.1 Å². The predicted octanol–water partition coefficient (Wildman–Crippen LogP) is 2.43. The van der Waals surface area contributed by atoms with Crippen LogP contribution in [-0.2, 0) is 20.0 Å². The van der Waals surface area contributed by atoms with Crippen LogP contribution in [0, 0.1) is 20.8 Å². The van der Waals surface area contributed by atoms with Crippen LogP contribution < -0.4 is 4.72 Å². The zero-order valence-corrected chi connectivity index (χ0v) is 17.0. The second-order valence-corrected chi connectivity index (χ2v) is 9.38. The summed E-state index contributed by atoms with van der Waals surface area (Å²) in [4.78, 5) is -0.0165. The van der Waals surface area contributed by atoms with Crippen molar-refractivity contribution in [2.75, 3.05) is 17.8 Å². The van der Waals surface area contributed by atoms with E-state index >= 15 is 0 Å². The molecule has 8 nitrogen and oxygen atoms in total. The van der Waals surface area contributed by atoms with Crippen molar-refractivity contribution in [3.63, 3.8) is 0 Å². The first-order chi connectivity index (χ1) is 12.0. The maximum atomic E-state index is 12.7. The summed E-state index contributed by atoms with van der Waals surface area (Å²) in [6, 6.07) is 4.37. The van der Waals surface area contributed by atoms with Gasteiger partial charge in [0, 0.05) is 13.1 Å². The molecule has 26 heavy (non-hydrogen) atoms. The summed E-state index contributed by atoms with van der Waals surface area (Å²) in [6.07, 6.45) is 0. The summed E-state index contributed by atoms with van der Waals surface area (Å²) in [6.45, 7) is 8.87. The molecular weight excluding hydrogens is 378 g/mol. The Morgan fingerprint density at radius 3 is 2.19 bits per heavy atom. The van der Waals surface area contributed by atoms with Crippen LogP contribution in [0.3, 0.4) is 0 Å². The van der Waals surface area contributed by atoms with E-state index in [-0.39, 0.29) is 26.9 Å². The Hall–Kier alpha value is -1.91. The maximum absolute atomic E-state index is 12.7. The van der Waals surface area contributed by atoms with Crippen molar-refractivity contribution < 1.29 is 21.4 Å². The SMILES string of the molecule is CCN(CC)S(=O)(=O)c1ccc(C)c(NS(=O)(=O)c2c(C)noc2C)c1. The van der Waals surface area contributed by atoms with Gasteiger partial charge >= 0.3 is 0 Å². The molecule has 0 saturated carbocycles. The van der Waals surface area contributed by atoms with Crippen molar-refractivity contribution in [1.29, 1.82) is 0 Å². The van der Waals surface area contributed by atoms with E-state index in [0.29, 0.717) is 18.7 Å². The van der Waals surface area contributed by atoms with Gasteiger partial charge in [-0.15, -0.1) is 0 Å². The molecule has 1 aromatic heterocycles. The normalized spacial score (nSPS) is 12.5. The summed E-state index contributed by atoms with van der Waals surface area (Å²) >= 11 is 0. The van der Waals surface area contributed by atoms with Crippen molar-refractivity contribution in [1.82, 2.24) is 9.46 Å². The van der Waals surface area contributed by atoms with E-state index < -0.39 is 20.0 Å². The third kappa shape index (κ3) is 3.76. The molecule has 2 aromatic rings. The van der Waals surface area contributed by atoms with Crippen molar-refractivity contribution in [3.05, 3.63) is 35.2 Å². The van der Waals surface area contributed by atoms with Crippen LogP contribution in [0.5, 0.6) is 0 Å². The topological polar surface area (TPSA) is 110 Å². The van der Waals surface area contributed by atoms with Crippen LogP contribution in [0.2, 0.25) is 0 Å². The molecule has 10 heteroatoms. The fraction of sp³-hybridized carbons (Fsp3) is 0.438. The first-order valence-electron chi connectivity index (χ1n) is 8.11. The quantitative estimate of drug-likeness (QED) is 0.763. The van der Waals surface area contributed by atoms with Gasteiger partial charge in [0.15, 0.2) is 10.7 Å². The van der Waals surface area contributed by atoms with Crippen molar-refractivity contribution in [2.24, 2.45) is 0 Å². The number of sulfonamides is 2. The number of aryl methyl sites for hydroxylation is 3. The van der Waals surface area contributed by atoms with Crippen molar-refractivity contribution >= 4 is 25.7 Å². The average molecular weight is 402 g/mol. The van der Waals surface area contributed by atoms with Crippen LogP contribution >= 0.6 is 0 Å². The van der Waals surface area contributed by atoms with E-state index in [1.165, 1.54) is 30.3 Å². The first-order valence-corrected chi connectivity index (χ1v) is 11.0. The standard InChI is InChI=1S/C16H23N3O5S2/c1-6-19(7-2)26(22,23)14-9-8-11(3)15(10-14)18-25(20,21)16-12(4)17-24-13(16)5/h8-10,18H,6-7H2,1-5H3. The minimum absolute atomic E-state index is 0.0308. The number of nitrogens with one attached hydrogen (secondary N) is 1. The Morgan fingerprint density at radius 1 is 1.08 bits per heavy atom. The summed E-state index contributed by atoms with van der Waals surface area (Å²) in [5.74, 6) is 0.166. The monoisotopic (exact) mass is 401 g/mol. The van der Waals surface area contributed by atoms with Crippen molar-refractivity contribution in [3.8, 4) is 0 Å². The van der Waals surface area contributed by atoms with Gasteiger partial charge in [0.25, 0.3) is 10.0 Å². The van der Waals surface area contributed by atoms with Gasteiger partial charge < -0.3 is 4.52 Å². The Bertz CT molecular complexity index is 987. The molecule has 0 aliphatic heterocycles. The van der Waals surface area contributed by atoms with E-state index in [1.807, 2.05) is 0 Å². The van der Waals surface area contributed by atoms with Gasteiger partial charge in [0.05, 0.1) is 10.6 Å². The lowest BCUT2D eigenvalue weighted by atomic mass is 10.2. The van der Waals surface area contributed by atoms with E-state index in [0.717, 1.165) is 0 Å². The molecule has 0 radical (unpaired) electrons. The first kappa shape index (κ1) is 20.4. The summed E-state index contributed by atoms with van der Waals surface area (Å²) in [7, 11) is -7.66. The van der Waals surface area contributed by atoms with Crippen LogP contribution in [0.25, 0.3) is 0 Å². The molecule has 0 atom stereocenters. The third-order valence-electron chi connectivity index (χ3n) is 4.03. The second kappa shape index (κ2) is 7.37. The molecule has 0 saturated heterocycles. The highest BCUT2D eigenvalue weighted by Crippen LogP contribution is 2.27. The highest BCUT2D eigenvalue weighted by Gasteiger charge is 2.26. The highest BCUT2D eigenvalue weighted by atomic mass is 32.2. The largest absolute Gasteiger partial charge is 0.360 e. The second-order valence-electron chi connectivity index (χ2n) is 5.82. The van der Waals surface area contributed by atoms with Gasteiger partial charge in [0.1, 0.15) is 5.69 Å². The summed E-state index contributed by atoms with van der Waals surface area (Å²) < 4.78 is 59.4. The average Bonchev–Trinajstić information content (AvgIpc) is 2.89.